The maximum Gasteiger partial charge on any atom is 0.283 e. The lowest BCUT2D eigenvalue weighted by molar-refractivity contribution is -0.385. The van der Waals surface area contributed by atoms with Crippen molar-refractivity contribution in [3.05, 3.63) is 38.9 Å². The molecule has 1 amide bonds. The van der Waals surface area contributed by atoms with Crippen LogP contribution in [0.25, 0.3) is 0 Å². The third-order valence-electron chi connectivity index (χ3n) is 1.96. The summed E-state index contributed by atoms with van der Waals surface area (Å²) >= 11 is 5.63. The number of hydrogen-bond acceptors (Lipinski definition) is 3. The summed E-state index contributed by atoms with van der Waals surface area (Å²) in [4.78, 5) is 21.7. The van der Waals surface area contributed by atoms with Gasteiger partial charge in [0.2, 0.25) is 0 Å². The monoisotopic (exact) mass is 252 g/mol. The molecule has 0 atom stereocenters. The topological polar surface area (TPSA) is 72.2 Å². The van der Waals surface area contributed by atoms with Gasteiger partial charge in [0, 0.05) is 24.1 Å². The smallest absolute Gasteiger partial charge is 0.283 e. The Hall–Kier alpha value is -2.06. The molecule has 0 saturated carbocycles. The van der Waals surface area contributed by atoms with E-state index in [-0.39, 0.29) is 22.8 Å². The molecular formula is C11H9ClN2O3. The van der Waals surface area contributed by atoms with Crippen LogP contribution in [0.15, 0.2) is 18.2 Å². The van der Waals surface area contributed by atoms with Crippen molar-refractivity contribution in [1.29, 1.82) is 0 Å². The normalized spacial score (nSPS) is 9.41. The van der Waals surface area contributed by atoms with Crippen molar-refractivity contribution in [3.8, 4) is 12.3 Å². The minimum Gasteiger partial charge on any atom is -0.351 e. The quantitative estimate of drug-likeness (QED) is 0.386. The number of nitro benzene ring substituents is 1. The minimum absolute atomic E-state index is 0.0311. The predicted molar refractivity (Wildman–Crippen MR) is 63.9 cm³/mol. The number of carbonyl (C=O) groups excluding carboxylic acids is 1. The summed E-state index contributed by atoms with van der Waals surface area (Å²) in [5.41, 5.74) is -0.355. The van der Waals surface area contributed by atoms with E-state index in [1.165, 1.54) is 12.1 Å². The molecule has 0 aliphatic carbocycles. The van der Waals surface area contributed by atoms with Gasteiger partial charge in [-0.05, 0) is 12.1 Å². The van der Waals surface area contributed by atoms with E-state index < -0.39 is 10.8 Å². The van der Waals surface area contributed by atoms with E-state index in [0.717, 1.165) is 6.07 Å². The first kappa shape index (κ1) is 13.0. The Morgan fingerprint density at radius 1 is 1.59 bits per heavy atom. The second kappa shape index (κ2) is 5.87. The molecule has 0 unspecified atom stereocenters. The molecule has 1 rings (SSSR count). The van der Waals surface area contributed by atoms with E-state index in [0.29, 0.717) is 6.42 Å². The van der Waals surface area contributed by atoms with E-state index in [2.05, 4.69) is 11.2 Å². The molecule has 88 valence electrons. The first-order chi connectivity index (χ1) is 8.06. The van der Waals surface area contributed by atoms with Crippen molar-refractivity contribution in [2.75, 3.05) is 6.54 Å². The van der Waals surface area contributed by atoms with Gasteiger partial charge in [-0.2, -0.15) is 0 Å². The van der Waals surface area contributed by atoms with E-state index in [4.69, 9.17) is 18.0 Å². The summed E-state index contributed by atoms with van der Waals surface area (Å²) in [5, 5.41) is 13.4. The van der Waals surface area contributed by atoms with Crippen LogP contribution in [0.2, 0.25) is 5.02 Å². The number of rotatable bonds is 4. The maximum absolute atomic E-state index is 11.6. The van der Waals surface area contributed by atoms with E-state index >= 15 is 0 Å². The fourth-order valence-electron chi connectivity index (χ4n) is 1.19. The zero-order valence-electron chi connectivity index (χ0n) is 8.77. The van der Waals surface area contributed by atoms with Crippen LogP contribution in [-0.4, -0.2) is 17.4 Å². The molecule has 5 nitrogen and oxygen atoms in total. The van der Waals surface area contributed by atoms with E-state index in [1.54, 1.807) is 0 Å². The molecule has 17 heavy (non-hydrogen) atoms. The fourth-order valence-corrected chi connectivity index (χ4v) is 1.36. The van der Waals surface area contributed by atoms with Gasteiger partial charge in [-0.1, -0.05) is 11.6 Å². The number of nitrogens with zero attached hydrogens (tertiary/aromatic N) is 1. The Kier molecular flexibility index (Phi) is 4.49. The molecule has 1 N–H and O–H groups in total. The number of halogens is 1. The van der Waals surface area contributed by atoms with Crippen LogP contribution in [0.1, 0.15) is 16.8 Å². The summed E-state index contributed by atoms with van der Waals surface area (Å²) in [7, 11) is 0. The lowest BCUT2D eigenvalue weighted by Gasteiger charge is -2.04. The number of hydrogen-bond donors (Lipinski definition) is 1. The van der Waals surface area contributed by atoms with Crippen LogP contribution in [-0.2, 0) is 0 Å². The third kappa shape index (κ3) is 3.47. The zero-order valence-corrected chi connectivity index (χ0v) is 9.53. The maximum atomic E-state index is 11.6. The van der Waals surface area contributed by atoms with Crippen LogP contribution in [0, 0.1) is 22.5 Å². The highest BCUT2D eigenvalue weighted by Crippen LogP contribution is 2.22. The van der Waals surface area contributed by atoms with Gasteiger partial charge >= 0.3 is 0 Å². The molecule has 6 heteroatoms. The van der Waals surface area contributed by atoms with Gasteiger partial charge in [-0.15, -0.1) is 12.3 Å². The van der Waals surface area contributed by atoms with E-state index in [9.17, 15) is 14.9 Å². The van der Waals surface area contributed by atoms with Crippen molar-refractivity contribution >= 4 is 23.2 Å². The SMILES string of the molecule is C#CCCNC(=O)c1ccc(Cl)cc1[N+](=O)[O-]. The Morgan fingerprint density at radius 2 is 2.29 bits per heavy atom. The van der Waals surface area contributed by atoms with Crippen LogP contribution >= 0.6 is 11.6 Å². The van der Waals surface area contributed by atoms with Crippen LogP contribution in [0.4, 0.5) is 5.69 Å². The van der Waals surface area contributed by atoms with E-state index in [1.807, 2.05) is 0 Å². The van der Waals surface area contributed by atoms with Crippen molar-refractivity contribution in [1.82, 2.24) is 5.32 Å². The van der Waals surface area contributed by atoms with Crippen molar-refractivity contribution < 1.29 is 9.72 Å². The molecule has 1 aromatic rings. The van der Waals surface area contributed by atoms with Crippen molar-refractivity contribution in [2.45, 2.75) is 6.42 Å². The predicted octanol–water partition coefficient (Wildman–Crippen LogP) is 2.00. The van der Waals surface area contributed by atoms with Gasteiger partial charge in [0.25, 0.3) is 11.6 Å². The zero-order chi connectivity index (χ0) is 12.8. The van der Waals surface area contributed by atoms with Crippen LogP contribution in [0.3, 0.4) is 0 Å². The summed E-state index contributed by atoms with van der Waals surface area (Å²) in [6.07, 6.45) is 5.39. The Bertz CT molecular complexity index is 494. The largest absolute Gasteiger partial charge is 0.351 e. The second-order valence-corrected chi connectivity index (χ2v) is 3.57. The van der Waals surface area contributed by atoms with Gasteiger partial charge in [0.05, 0.1) is 4.92 Å². The van der Waals surface area contributed by atoms with Crippen molar-refractivity contribution in [2.24, 2.45) is 0 Å². The van der Waals surface area contributed by atoms with Crippen molar-refractivity contribution in [3.63, 3.8) is 0 Å². The number of amides is 1. The molecule has 0 aliphatic rings. The van der Waals surface area contributed by atoms with Gasteiger partial charge in [-0.3, -0.25) is 14.9 Å². The van der Waals surface area contributed by atoms with Gasteiger partial charge in [-0.25, -0.2) is 0 Å². The molecule has 0 aliphatic heterocycles. The fraction of sp³-hybridized carbons (Fsp3) is 0.182. The number of nitrogens with one attached hydrogen (secondary N) is 1. The molecule has 0 heterocycles. The van der Waals surface area contributed by atoms with Crippen LogP contribution < -0.4 is 5.32 Å². The average molecular weight is 253 g/mol. The Labute approximate surface area is 103 Å². The summed E-state index contributed by atoms with van der Waals surface area (Å²) < 4.78 is 0. The average Bonchev–Trinajstić information content (AvgIpc) is 2.29. The van der Waals surface area contributed by atoms with Gasteiger partial charge in [0.15, 0.2) is 0 Å². The first-order valence-electron chi connectivity index (χ1n) is 4.72. The standard InChI is InChI=1S/C11H9ClN2O3/c1-2-3-6-13-11(15)9-5-4-8(12)7-10(9)14(16)17/h1,4-5,7H,3,6H2,(H,13,15). The highest BCUT2D eigenvalue weighted by Gasteiger charge is 2.19. The first-order valence-corrected chi connectivity index (χ1v) is 5.09. The lowest BCUT2D eigenvalue weighted by Crippen LogP contribution is -2.24. The number of terminal acetylenes is 1. The molecule has 0 saturated heterocycles. The number of benzene rings is 1. The molecule has 0 fully saturated rings. The number of nitro groups is 1. The Morgan fingerprint density at radius 3 is 2.88 bits per heavy atom. The van der Waals surface area contributed by atoms with Gasteiger partial charge < -0.3 is 5.32 Å². The molecule has 0 spiro atoms. The number of carbonyl (C=O) groups is 1. The summed E-state index contributed by atoms with van der Waals surface area (Å²) in [6.45, 7) is 0.273. The molecule has 1 aromatic carbocycles. The molecule has 0 bridgehead atoms. The third-order valence-corrected chi connectivity index (χ3v) is 2.19. The Balaban J connectivity index is 2.93. The molecular weight excluding hydrogens is 244 g/mol. The van der Waals surface area contributed by atoms with Crippen LogP contribution in [0.5, 0.6) is 0 Å². The summed E-state index contributed by atoms with van der Waals surface area (Å²) in [6, 6.07) is 3.87. The van der Waals surface area contributed by atoms with Gasteiger partial charge in [0.1, 0.15) is 5.56 Å². The highest BCUT2D eigenvalue weighted by molar-refractivity contribution is 6.31. The minimum atomic E-state index is -0.651. The summed E-state index contributed by atoms with van der Waals surface area (Å²) in [5.74, 6) is 1.81. The second-order valence-electron chi connectivity index (χ2n) is 3.13. The highest BCUT2D eigenvalue weighted by atomic mass is 35.5. The molecule has 0 aromatic heterocycles. The lowest BCUT2D eigenvalue weighted by atomic mass is 10.1. The molecule has 0 radical (unpaired) electrons.